The summed E-state index contributed by atoms with van der Waals surface area (Å²) in [6.45, 7) is 3.52. The highest BCUT2D eigenvalue weighted by Gasteiger charge is 2.36. The van der Waals surface area contributed by atoms with Crippen molar-refractivity contribution in [1.29, 1.82) is 10.5 Å². The first-order valence-corrected chi connectivity index (χ1v) is 10.7. The molecule has 1 unspecified atom stereocenters. The van der Waals surface area contributed by atoms with Gasteiger partial charge in [-0.25, -0.2) is 0 Å². The molecule has 1 amide bonds. The number of methoxy groups -OCH3 is 1. The molecule has 0 radical (unpaired) electrons. The predicted molar refractivity (Wildman–Crippen MR) is 122 cm³/mol. The van der Waals surface area contributed by atoms with Crippen LogP contribution in [0.25, 0.3) is 0 Å². The summed E-state index contributed by atoms with van der Waals surface area (Å²) < 4.78 is 44.8. The second-order valence-electron chi connectivity index (χ2n) is 8.36. The van der Waals surface area contributed by atoms with E-state index < -0.39 is 28.8 Å². The number of nitriles is 2. The van der Waals surface area contributed by atoms with Crippen molar-refractivity contribution in [2.45, 2.75) is 18.7 Å². The van der Waals surface area contributed by atoms with Crippen LogP contribution in [0.2, 0.25) is 0 Å². The molecule has 0 spiro atoms. The molecule has 1 aliphatic rings. The molecule has 1 fully saturated rings. The zero-order valence-electron chi connectivity index (χ0n) is 19.2. The van der Waals surface area contributed by atoms with Crippen LogP contribution in [0.3, 0.4) is 0 Å². The van der Waals surface area contributed by atoms with Crippen LogP contribution in [0.4, 0.5) is 24.5 Å². The average molecular weight is 487 g/mol. The van der Waals surface area contributed by atoms with Gasteiger partial charge in [0, 0.05) is 50.2 Å². The number of hydrogen-bond donors (Lipinski definition) is 2. The fraction of sp³-hybridized carbons (Fsp3) is 0.375. The largest absolute Gasteiger partial charge is 0.495 e. The van der Waals surface area contributed by atoms with Crippen molar-refractivity contribution in [3.05, 3.63) is 53.1 Å². The van der Waals surface area contributed by atoms with Crippen LogP contribution in [0.15, 0.2) is 36.4 Å². The maximum absolute atomic E-state index is 13.2. The zero-order valence-corrected chi connectivity index (χ0v) is 19.2. The van der Waals surface area contributed by atoms with Crippen molar-refractivity contribution in [3.63, 3.8) is 0 Å². The lowest BCUT2D eigenvalue weighted by Gasteiger charge is -2.38. The van der Waals surface area contributed by atoms with Crippen molar-refractivity contribution in [1.82, 2.24) is 4.90 Å². The number of nitrogens with one attached hydrogen (secondary N) is 1. The van der Waals surface area contributed by atoms with Crippen LogP contribution >= 0.6 is 0 Å². The van der Waals surface area contributed by atoms with Gasteiger partial charge in [-0.3, -0.25) is 9.69 Å². The Labute approximate surface area is 200 Å². The van der Waals surface area contributed by atoms with Crippen LogP contribution in [0, 0.1) is 22.7 Å². The van der Waals surface area contributed by atoms with Gasteiger partial charge >= 0.3 is 6.18 Å². The molecule has 1 heterocycles. The molecule has 1 saturated heterocycles. The van der Waals surface area contributed by atoms with Gasteiger partial charge in [-0.1, -0.05) is 0 Å². The second-order valence-corrected chi connectivity index (χ2v) is 8.36. The molecule has 11 heteroatoms. The van der Waals surface area contributed by atoms with E-state index in [1.54, 1.807) is 12.1 Å². The van der Waals surface area contributed by atoms with E-state index in [0.717, 1.165) is 11.8 Å². The standard InChI is InChI=1S/C24H24F3N5O3/c1-23(34,22(33)30-18-5-3-16(13-28)20(11-18)24(25,26)27)15-31-7-9-32(10-8-31)19-6-4-17(14-29)21(12-19)35-2/h3-6,11-12,34H,7-10,15H2,1-2H3,(H,30,33). The first-order valence-electron chi connectivity index (χ1n) is 10.7. The molecule has 35 heavy (non-hydrogen) atoms. The van der Waals surface area contributed by atoms with Gasteiger partial charge < -0.3 is 20.1 Å². The van der Waals surface area contributed by atoms with E-state index in [1.165, 1.54) is 26.2 Å². The maximum Gasteiger partial charge on any atom is 0.417 e. The minimum atomic E-state index is -4.76. The Morgan fingerprint density at radius 2 is 1.71 bits per heavy atom. The summed E-state index contributed by atoms with van der Waals surface area (Å²) in [4.78, 5) is 16.6. The third-order valence-electron chi connectivity index (χ3n) is 5.77. The lowest BCUT2D eigenvalue weighted by Crippen LogP contribution is -2.54. The van der Waals surface area contributed by atoms with Gasteiger partial charge in [0.05, 0.1) is 29.9 Å². The molecule has 1 aliphatic heterocycles. The van der Waals surface area contributed by atoms with Crippen molar-refractivity contribution in [2.24, 2.45) is 0 Å². The van der Waals surface area contributed by atoms with Crippen LogP contribution in [-0.2, 0) is 11.0 Å². The number of β-amino-alcohol motifs (C(OH)–C–C–N with tert-alkyl or cyclic N) is 1. The Hall–Kier alpha value is -3.80. The number of piperazine rings is 1. The van der Waals surface area contributed by atoms with Gasteiger partial charge in [-0.05, 0) is 37.3 Å². The van der Waals surface area contributed by atoms with Gasteiger partial charge in [-0.15, -0.1) is 0 Å². The number of alkyl halides is 3. The van der Waals surface area contributed by atoms with E-state index in [0.29, 0.717) is 43.6 Å². The molecular formula is C24H24F3N5O3. The Morgan fingerprint density at radius 1 is 1.09 bits per heavy atom. The van der Waals surface area contributed by atoms with Crippen molar-refractivity contribution in [3.8, 4) is 17.9 Å². The molecule has 184 valence electrons. The van der Waals surface area contributed by atoms with E-state index in [1.807, 2.05) is 11.0 Å². The van der Waals surface area contributed by atoms with Crippen LogP contribution < -0.4 is 15.0 Å². The molecule has 0 bridgehead atoms. The highest BCUT2D eigenvalue weighted by atomic mass is 19.4. The molecule has 2 N–H and O–H groups in total. The summed E-state index contributed by atoms with van der Waals surface area (Å²) in [7, 11) is 1.49. The van der Waals surface area contributed by atoms with E-state index in [2.05, 4.69) is 16.3 Å². The normalized spacial score (nSPS) is 16.1. The summed E-state index contributed by atoms with van der Waals surface area (Å²) in [6.07, 6.45) is -4.76. The number of halogens is 3. The highest BCUT2D eigenvalue weighted by Crippen LogP contribution is 2.34. The summed E-state index contributed by atoms with van der Waals surface area (Å²) >= 11 is 0. The zero-order chi connectivity index (χ0) is 25.8. The predicted octanol–water partition coefficient (Wildman–Crippen LogP) is 2.97. The number of carbonyl (C=O) groups is 1. The third-order valence-corrected chi connectivity index (χ3v) is 5.77. The summed E-state index contributed by atoms with van der Waals surface area (Å²) in [6, 6.07) is 11.7. The monoisotopic (exact) mass is 487 g/mol. The number of ether oxygens (including phenoxy) is 1. The first kappa shape index (κ1) is 25.8. The Bertz CT molecular complexity index is 1180. The number of hydrogen-bond acceptors (Lipinski definition) is 7. The Balaban J connectivity index is 1.62. The summed E-state index contributed by atoms with van der Waals surface area (Å²) in [5.74, 6) is -0.377. The van der Waals surface area contributed by atoms with Gasteiger partial charge in [0.2, 0.25) is 0 Å². The summed E-state index contributed by atoms with van der Waals surface area (Å²) in [5.41, 5.74) is -2.44. The van der Waals surface area contributed by atoms with Crippen molar-refractivity contribution < 1.29 is 27.8 Å². The minimum absolute atomic E-state index is 0.0221. The number of carbonyl (C=O) groups excluding carboxylic acids is 1. The van der Waals surface area contributed by atoms with E-state index in [9.17, 15) is 23.1 Å². The smallest absolute Gasteiger partial charge is 0.417 e. The Morgan fingerprint density at radius 3 is 2.29 bits per heavy atom. The molecule has 3 rings (SSSR count). The van der Waals surface area contributed by atoms with Gasteiger partial charge in [0.25, 0.3) is 5.91 Å². The SMILES string of the molecule is COc1cc(N2CCN(CC(C)(O)C(=O)Nc3ccc(C#N)c(C(F)(F)F)c3)CC2)ccc1C#N. The number of amides is 1. The number of rotatable bonds is 6. The topological polar surface area (TPSA) is 113 Å². The fourth-order valence-electron chi connectivity index (χ4n) is 3.86. The van der Waals surface area contributed by atoms with Crippen molar-refractivity contribution in [2.75, 3.05) is 50.1 Å². The summed E-state index contributed by atoms with van der Waals surface area (Å²) in [5, 5.41) is 31.1. The lowest BCUT2D eigenvalue weighted by atomic mass is 10.0. The highest BCUT2D eigenvalue weighted by molar-refractivity contribution is 5.97. The first-order chi connectivity index (χ1) is 16.5. The van der Waals surface area contributed by atoms with Crippen LogP contribution in [-0.4, -0.2) is 61.3 Å². The molecular weight excluding hydrogens is 463 g/mol. The molecule has 0 saturated carbocycles. The fourth-order valence-corrected chi connectivity index (χ4v) is 3.86. The maximum atomic E-state index is 13.2. The van der Waals surface area contributed by atoms with Gasteiger partial charge in [0.15, 0.2) is 5.60 Å². The van der Waals surface area contributed by atoms with Crippen LogP contribution in [0.5, 0.6) is 5.75 Å². The van der Waals surface area contributed by atoms with E-state index in [-0.39, 0.29) is 12.2 Å². The minimum Gasteiger partial charge on any atom is -0.495 e. The van der Waals surface area contributed by atoms with Crippen LogP contribution in [0.1, 0.15) is 23.6 Å². The number of anilines is 2. The van der Waals surface area contributed by atoms with Gasteiger partial charge in [0.1, 0.15) is 11.8 Å². The molecule has 0 aliphatic carbocycles. The Kier molecular flexibility index (Phi) is 7.54. The molecule has 0 aromatic heterocycles. The number of nitrogens with zero attached hydrogens (tertiary/aromatic N) is 4. The second kappa shape index (κ2) is 10.2. The number of benzene rings is 2. The average Bonchev–Trinajstić information content (AvgIpc) is 2.83. The number of aliphatic hydroxyl groups is 1. The van der Waals surface area contributed by atoms with E-state index >= 15 is 0 Å². The van der Waals surface area contributed by atoms with E-state index in [4.69, 9.17) is 15.3 Å². The molecule has 1 atom stereocenters. The molecule has 2 aromatic carbocycles. The molecule has 8 nitrogen and oxygen atoms in total. The molecule has 2 aromatic rings. The van der Waals surface area contributed by atoms with Crippen molar-refractivity contribution >= 4 is 17.3 Å². The quantitative estimate of drug-likeness (QED) is 0.644. The van der Waals surface area contributed by atoms with Gasteiger partial charge in [-0.2, -0.15) is 23.7 Å². The third kappa shape index (κ3) is 6.01. The lowest BCUT2D eigenvalue weighted by molar-refractivity contribution is -0.138.